The van der Waals surface area contributed by atoms with Crippen molar-refractivity contribution in [2.24, 2.45) is 0 Å². The molecule has 9 heteroatoms. The van der Waals surface area contributed by atoms with Crippen molar-refractivity contribution in [2.75, 3.05) is 19.4 Å². The first-order valence-electron chi connectivity index (χ1n) is 7.98. The van der Waals surface area contributed by atoms with E-state index < -0.39 is 21.8 Å². The molecule has 0 fully saturated rings. The van der Waals surface area contributed by atoms with Crippen LogP contribution in [0.5, 0.6) is 0 Å². The Morgan fingerprint density at radius 2 is 1.67 bits per heavy atom. The smallest absolute Gasteiger partial charge is 0.313 e. The molecule has 0 saturated heterocycles. The molecule has 2 aromatic carbocycles. The molecule has 0 unspecified atom stereocenters. The molecule has 0 atom stereocenters. The van der Waals surface area contributed by atoms with E-state index in [0.717, 1.165) is 9.87 Å². The van der Waals surface area contributed by atoms with Crippen LogP contribution < -0.4 is 10.6 Å². The van der Waals surface area contributed by atoms with Crippen molar-refractivity contribution in [2.45, 2.75) is 18.4 Å². The summed E-state index contributed by atoms with van der Waals surface area (Å²) in [6.45, 7) is 1.87. The zero-order valence-electron chi connectivity index (χ0n) is 15.1. The summed E-state index contributed by atoms with van der Waals surface area (Å²) in [5, 5.41) is 5.45. The number of sulfonamides is 1. The number of anilines is 1. The second kappa shape index (κ2) is 8.51. The van der Waals surface area contributed by atoms with E-state index in [1.165, 1.54) is 26.2 Å². The van der Waals surface area contributed by atoms with Gasteiger partial charge in [-0.2, -0.15) is 0 Å². The van der Waals surface area contributed by atoms with E-state index in [4.69, 9.17) is 11.6 Å². The minimum Gasteiger partial charge on any atom is -0.344 e. The van der Waals surface area contributed by atoms with Crippen molar-refractivity contribution in [3.8, 4) is 0 Å². The average molecular weight is 410 g/mol. The van der Waals surface area contributed by atoms with Gasteiger partial charge in [0.25, 0.3) is 0 Å². The number of benzene rings is 2. The number of carbonyl (C=O) groups is 2. The van der Waals surface area contributed by atoms with Gasteiger partial charge in [-0.05, 0) is 42.3 Å². The van der Waals surface area contributed by atoms with Crippen LogP contribution in [0.4, 0.5) is 5.69 Å². The molecule has 2 amide bonds. The second-order valence-corrected chi connectivity index (χ2v) is 8.62. The fourth-order valence-corrected chi connectivity index (χ4v) is 3.23. The fraction of sp³-hybridized carbons (Fsp3) is 0.222. The van der Waals surface area contributed by atoms with E-state index in [1.807, 2.05) is 0 Å². The highest BCUT2D eigenvalue weighted by atomic mass is 35.5. The van der Waals surface area contributed by atoms with E-state index in [0.29, 0.717) is 16.3 Å². The number of nitrogens with one attached hydrogen (secondary N) is 2. The predicted octanol–water partition coefficient (Wildman–Crippen LogP) is 2.15. The molecule has 0 aliphatic carbocycles. The Bertz CT molecular complexity index is 957. The van der Waals surface area contributed by atoms with Crippen molar-refractivity contribution < 1.29 is 18.0 Å². The maximum atomic E-state index is 12.0. The molecule has 7 nitrogen and oxygen atoms in total. The molecule has 0 saturated carbocycles. The summed E-state index contributed by atoms with van der Waals surface area (Å²) in [4.78, 5) is 24.1. The van der Waals surface area contributed by atoms with Gasteiger partial charge >= 0.3 is 11.8 Å². The molecule has 0 radical (unpaired) electrons. The summed E-state index contributed by atoms with van der Waals surface area (Å²) in [6, 6.07) is 11.0. The van der Waals surface area contributed by atoms with Crippen molar-refractivity contribution >= 4 is 39.1 Å². The normalized spacial score (nSPS) is 11.3. The third-order valence-corrected chi connectivity index (χ3v) is 5.87. The third kappa shape index (κ3) is 5.29. The SMILES string of the molecule is Cc1ccc(Cl)cc1NC(=O)C(=O)NCc1ccc(S(=O)(=O)N(C)C)cc1. The lowest BCUT2D eigenvalue weighted by atomic mass is 10.2. The minimum absolute atomic E-state index is 0.0864. The standard InChI is InChI=1S/C18H20ClN3O4S/c1-12-4-7-14(19)10-16(12)21-18(24)17(23)20-11-13-5-8-15(9-6-13)27(25,26)22(2)3/h4-10H,11H2,1-3H3,(H,20,23)(H,21,24). The first-order valence-corrected chi connectivity index (χ1v) is 9.80. The largest absolute Gasteiger partial charge is 0.344 e. The number of aryl methyl sites for hydroxylation is 1. The lowest BCUT2D eigenvalue weighted by Crippen LogP contribution is -2.35. The molecule has 0 aliphatic heterocycles. The molecule has 27 heavy (non-hydrogen) atoms. The summed E-state index contributed by atoms with van der Waals surface area (Å²) in [6.07, 6.45) is 0. The summed E-state index contributed by atoms with van der Waals surface area (Å²) in [5.41, 5.74) is 1.90. The van der Waals surface area contributed by atoms with Gasteiger partial charge in [0.1, 0.15) is 0 Å². The summed E-state index contributed by atoms with van der Waals surface area (Å²) in [5.74, 6) is -1.62. The number of hydrogen-bond donors (Lipinski definition) is 2. The Morgan fingerprint density at radius 3 is 2.26 bits per heavy atom. The van der Waals surface area contributed by atoms with Gasteiger partial charge in [-0.1, -0.05) is 29.8 Å². The van der Waals surface area contributed by atoms with Crippen LogP contribution in [0.3, 0.4) is 0 Å². The van der Waals surface area contributed by atoms with Crippen molar-refractivity contribution in [1.29, 1.82) is 0 Å². The number of carbonyl (C=O) groups excluding carboxylic acids is 2. The van der Waals surface area contributed by atoms with Crippen molar-refractivity contribution in [1.82, 2.24) is 9.62 Å². The summed E-state index contributed by atoms with van der Waals surface area (Å²) in [7, 11) is -0.613. The molecule has 0 aliphatic rings. The van der Waals surface area contributed by atoms with Crippen LogP contribution in [0, 0.1) is 6.92 Å². The molecule has 0 spiro atoms. The molecule has 0 aromatic heterocycles. The Hall–Kier alpha value is -2.42. The highest BCUT2D eigenvalue weighted by Crippen LogP contribution is 2.20. The van der Waals surface area contributed by atoms with Crippen LogP contribution in [0.2, 0.25) is 5.02 Å². The molecular weight excluding hydrogens is 390 g/mol. The Kier molecular flexibility index (Phi) is 6.59. The number of nitrogens with zero attached hydrogens (tertiary/aromatic N) is 1. The van der Waals surface area contributed by atoms with Crippen LogP contribution in [0.15, 0.2) is 47.4 Å². The van der Waals surface area contributed by atoms with Crippen LogP contribution >= 0.6 is 11.6 Å². The van der Waals surface area contributed by atoms with Crippen molar-refractivity contribution in [3.05, 3.63) is 58.6 Å². The van der Waals surface area contributed by atoms with Gasteiger partial charge in [0.15, 0.2) is 0 Å². The summed E-state index contributed by atoms with van der Waals surface area (Å²) >= 11 is 5.89. The molecule has 2 aromatic rings. The summed E-state index contributed by atoms with van der Waals surface area (Å²) < 4.78 is 25.2. The first kappa shape index (κ1) is 20.9. The van der Waals surface area contributed by atoms with Crippen LogP contribution in [0.25, 0.3) is 0 Å². The molecule has 0 bridgehead atoms. The number of rotatable bonds is 5. The van der Waals surface area contributed by atoms with E-state index in [2.05, 4.69) is 10.6 Å². The van der Waals surface area contributed by atoms with Gasteiger partial charge in [-0.25, -0.2) is 12.7 Å². The highest BCUT2D eigenvalue weighted by molar-refractivity contribution is 7.89. The van der Waals surface area contributed by atoms with Gasteiger partial charge in [0.05, 0.1) is 4.90 Å². The molecular formula is C18H20ClN3O4S. The van der Waals surface area contributed by atoms with Crippen LogP contribution in [0.1, 0.15) is 11.1 Å². The van der Waals surface area contributed by atoms with Gasteiger partial charge in [-0.15, -0.1) is 0 Å². The zero-order chi connectivity index (χ0) is 20.2. The van der Waals surface area contributed by atoms with Gasteiger partial charge in [-0.3, -0.25) is 9.59 Å². The topological polar surface area (TPSA) is 95.6 Å². The maximum absolute atomic E-state index is 12.0. The Labute approximate surface area is 163 Å². The fourth-order valence-electron chi connectivity index (χ4n) is 2.16. The molecule has 144 valence electrons. The third-order valence-electron chi connectivity index (χ3n) is 3.81. The zero-order valence-corrected chi connectivity index (χ0v) is 16.7. The lowest BCUT2D eigenvalue weighted by molar-refractivity contribution is -0.136. The van der Waals surface area contributed by atoms with E-state index in [9.17, 15) is 18.0 Å². The maximum Gasteiger partial charge on any atom is 0.313 e. The molecule has 2 N–H and O–H groups in total. The van der Waals surface area contributed by atoms with Gasteiger partial charge < -0.3 is 10.6 Å². The van der Waals surface area contributed by atoms with E-state index in [1.54, 1.807) is 37.3 Å². The quantitative estimate of drug-likeness (QED) is 0.739. The van der Waals surface area contributed by atoms with Gasteiger partial charge in [0, 0.05) is 31.4 Å². The van der Waals surface area contributed by atoms with E-state index >= 15 is 0 Å². The lowest BCUT2D eigenvalue weighted by Gasteiger charge is -2.12. The monoisotopic (exact) mass is 409 g/mol. The Morgan fingerprint density at radius 1 is 1.04 bits per heavy atom. The Balaban J connectivity index is 1.97. The minimum atomic E-state index is -3.51. The molecule has 2 rings (SSSR count). The van der Waals surface area contributed by atoms with Gasteiger partial charge in [0.2, 0.25) is 10.0 Å². The van der Waals surface area contributed by atoms with Crippen LogP contribution in [-0.2, 0) is 26.2 Å². The average Bonchev–Trinajstić information content (AvgIpc) is 2.62. The predicted molar refractivity (Wildman–Crippen MR) is 104 cm³/mol. The van der Waals surface area contributed by atoms with Crippen molar-refractivity contribution in [3.63, 3.8) is 0 Å². The molecule has 0 heterocycles. The second-order valence-electron chi connectivity index (χ2n) is 6.03. The van der Waals surface area contributed by atoms with E-state index in [-0.39, 0.29) is 11.4 Å². The number of amides is 2. The highest BCUT2D eigenvalue weighted by Gasteiger charge is 2.17. The first-order chi connectivity index (χ1) is 12.6. The number of hydrogen-bond acceptors (Lipinski definition) is 4. The van der Waals surface area contributed by atoms with Crippen LogP contribution in [-0.4, -0.2) is 38.6 Å². The number of halogens is 1.